The molecule has 0 saturated carbocycles. The van der Waals surface area contributed by atoms with Crippen molar-refractivity contribution in [1.82, 2.24) is 19.7 Å². The Morgan fingerprint density at radius 3 is 2.49 bits per heavy atom. The molecular weight excluding hydrogens is 489 g/mol. The molecule has 35 heavy (non-hydrogen) atoms. The van der Waals surface area contributed by atoms with Crippen LogP contribution in [-0.4, -0.2) is 19.7 Å². The third-order valence-electron chi connectivity index (χ3n) is 5.90. The van der Waals surface area contributed by atoms with Gasteiger partial charge < -0.3 is 4.57 Å². The first-order valence-corrected chi connectivity index (χ1v) is 14.6. The van der Waals surface area contributed by atoms with Crippen LogP contribution < -0.4 is 0 Å². The molecule has 3 heterocycles. The first-order chi connectivity index (χ1) is 17.2. The van der Waals surface area contributed by atoms with Crippen molar-refractivity contribution >= 4 is 34.4 Å². The summed E-state index contributed by atoms with van der Waals surface area (Å²) in [6.45, 7) is 5.31. The number of hydrogen-bond donors (Lipinski definition) is 0. The Morgan fingerprint density at radius 1 is 0.914 bits per heavy atom. The third-order valence-corrected chi connectivity index (χ3v) is 8.71. The lowest BCUT2D eigenvalue weighted by atomic mass is 10.0. The van der Waals surface area contributed by atoms with Gasteiger partial charge in [0, 0.05) is 34.5 Å². The molecule has 0 unspecified atom stereocenters. The summed E-state index contributed by atoms with van der Waals surface area (Å²) in [5, 5.41) is 15.5. The van der Waals surface area contributed by atoms with Gasteiger partial charge in [0.25, 0.3) is 0 Å². The fourth-order valence-corrected chi connectivity index (χ4v) is 6.40. The summed E-state index contributed by atoms with van der Waals surface area (Å²) >= 11 is 5.19. The maximum Gasteiger partial charge on any atom is 0.191 e. The molecule has 0 bridgehead atoms. The second-order valence-corrected chi connectivity index (χ2v) is 11.6. The summed E-state index contributed by atoms with van der Waals surface area (Å²) in [6.07, 6.45) is 1.77. The molecule has 5 aromatic rings. The van der Waals surface area contributed by atoms with Gasteiger partial charge >= 0.3 is 0 Å². The Labute approximate surface area is 219 Å². The quantitative estimate of drug-likeness (QED) is 0.178. The highest BCUT2D eigenvalue weighted by Crippen LogP contribution is 2.29. The second-order valence-electron chi connectivity index (χ2n) is 8.75. The molecule has 2 aromatic carbocycles. The molecule has 3 aromatic heterocycles. The van der Waals surface area contributed by atoms with Crippen molar-refractivity contribution in [2.24, 2.45) is 0 Å². The summed E-state index contributed by atoms with van der Waals surface area (Å²) in [4.78, 5) is 6.21. The van der Waals surface area contributed by atoms with E-state index in [2.05, 4.69) is 106 Å². The Kier molecular flexibility index (Phi) is 7.76. The van der Waals surface area contributed by atoms with E-state index in [1.807, 2.05) is 0 Å². The highest BCUT2D eigenvalue weighted by Gasteiger charge is 2.15. The molecule has 0 radical (unpaired) electrons. The van der Waals surface area contributed by atoms with Gasteiger partial charge in [-0.1, -0.05) is 86.3 Å². The number of benzene rings is 2. The minimum Gasteiger partial charge on any atom is -0.305 e. The van der Waals surface area contributed by atoms with Crippen LogP contribution in [0.4, 0.5) is 0 Å². The van der Waals surface area contributed by atoms with Crippen molar-refractivity contribution in [2.75, 3.05) is 0 Å². The SMILES string of the molecule is CC(C)c1ccc(-c2nc(CSc3nnc(Cc4cccs4)n3CCc3ccccc3)cs2)cc1. The maximum atomic E-state index is 4.90. The maximum absolute atomic E-state index is 4.90. The summed E-state index contributed by atoms with van der Waals surface area (Å²) < 4.78 is 2.29. The summed E-state index contributed by atoms with van der Waals surface area (Å²) in [6, 6.07) is 23.7. The van der Waals surface area contributed by atoms with E-state index in [4.69, 9.17) is 4.98 Å². The van der Waals surface area contributed by atoms with Gasteiger partial charge in [-0.2, -0.15) is 0 Å². The molecule has 0 aliphatic carbocycles. The smallest absolute Gasteiger partial charge is 0.191 e. The molecule has 0 atom stereocenters. The lowest BCUT2D eigenvalue weighted by Gasteiger charge is -2.10. The summed E-state index contributed by atoms with van der Waals surface area (Å²) in [5.74, 6) is 2.34. The predicted molar refractivity (Wildman–Crippen MR) is 148 cm³/mol. The van der Waals surface area contributed by atoms with Crippen molar-refractivity contribution in [2.45, 2.75) is 50.1 Å². The number of thioether (sulfide) groups is 1. The van der Waals surface area contributed by atoms with Crippen molar-refractivity contribution in [1.29, 1.82) is 0 Å². The van der Waals surface area contributed by atoms with Gasteiger partial charge in [0.15, 0.2) is 5.16 Å². The van der Waals surface area contributed by atoms with E-state index in [0.29, 0.717) is 5.92 Å². The zero-order valence-electron chi connectivity index (χ0n) is 19.9. The number of rotatable bonds is 10. The van der Waals surface area contributed by atoms with Gasteiger partial charge in [-0.05, 0) is 34.9 Å². The van der Waals surface area contributed by atoms with Crippen LogP contribution in [0, 0.1) is 0 Å². The summed E-state index contributed by atoms with van der Waals surface area (Å²) in [5.41, 5.74) is 4.95. The minimum atomic E-state index is 0.538. The monoisotopic (exact) mass is 516 g/mol. The molecule has 0 spiro atoms. The number of hydrogen-bond acceptors (Lipinski definition) is 6. The number of aryl methyl sites for hydroxylation is 1. The first-order valence-electron chi connectivity index (χ1n) is 11.8. The summed E-state index contributed by atoms with van der Waals surface area (Å²) in [7, 11) is 0. The normalized spacial score (nSPS) is 11.4. The van der Waals surface area contributed by atoms with Crippen LogP contribution in [0.15, 0.2) is 82.6 Å². The molecule has 5 rings (SSSR count). The first kappa shape index (κ1) is 24.0. The van der Waals surface area contributed by atoms with E-state index < -0.39 is 0 Å². The Morgan fingerprint density at radius 2 is 1.74 bits per heavy atom. The topological polar surface area (TPSA) is 43.6 Å². The number of thiophene rings is 1. The lowest BCUT2D eigenvalue weighted by Crippen LogP contribution is -2.08. The highest BCUT2D eigenvalue weighted by atomic mass is 32.2. The highest BCUT2D eigenvalue weighted by molar-refractivity contribution is 7.98. The van der Waals surface area contributed by atoms with Crippen LogP contribution in [-0.2, 0) is 25.1 Å². The average molecular weight is 517 g/mol. The molecular formula is C28H28N4S3. The molecule has 0 amide bonds. The van der Waals surface area contributed by atoms with Gasteiger partial charge in [-0.3, -0.25) is 0 Å². The van der Waals surface area contributed by atoms with Crippen LogP contribution in [0.5, 0.6) is 0 Å². The van der Waals surface area contributed by atoms with E-state index in [0.717, 1.165) is 46.8 Å². The molecule has 0 saturated heterocycles. The fraction of sp³-hybridized carbons (Fsp3) is 0.250. The molecule has 0 aliphatic rings. The molecule has 4 nitrogen and oxygen atoms in total. The largest absolute Gasteiger partial charge is 0.305 e. The molecule has 7 heteroatoms. The fourth-order valence-electron chi connectivity index (χ4n) is 3.89. The van der Waals surface area contributed by atoms with Gasteiger partial charge in [-0.15, -0.1) is 32.9 Å². The zero-order valence-corrected chi connectivity index (χ0v) is 22.4. The van der Waals surface area contributed by atoms with Crippen LogP contribution in [0.25, 0.3) is 10.6 Å². The van der Waals surface area contributed by atoms with Crippen molar-refractivity contribution in [3.05, 3.63) is 105 Å². The van der Waals surface area contributed by atoms with E-state index in [1.54, 1.807) is 34.4 Å². The van der Waals surface area contributed by atoms with E-state index in [9.17, 15) is 0 Å². The van der Waals surface area contributed by atoms with Gasteiger partial charge in [0.05, 0.1) is 5.69 Å². The minimum absolute atomic E-state index is 0.538. The van der Waals surface area contributed by atoms with E-state index >= 15 is 0 Å². The Bertz CT molecular complexity index is 1340. The third kappa shape index (κ3) is 6.10. The molecule has 0 fully saturated rings. The van der Waals surface area contributed by atoms with Crippen molar-refractivity contribution < 1.29 is 0 Å². The van der Waals surface area contributed by atoms with Crippen LogP contribution in [0.1, 0.15) is 47.3 Å². The van der Waals surface area contributed by atoms with Crippen LogP contribution in [0.2, 0.25) is 0 Å². The Balaban J connectivity index is 1.30. The van der Waals surface area contributed by atoms with Crippen molar-refractivity contribution in [3.8, 4) is 10.6 Å². The van der Waals surface area contributed by atoms with Gasteiger partial charge in [0.2, 0.25) is 0 Å². The Hall–Kier alpha value is -2.74. The molecule has 178 valence electrons. The number of nitrogens with zero attached hydrogens (tertiary/aromatic N) is 4. The van der Waals surface area contributed by atoms with Crippen LogP contribution >= 0.6 is 34.4 Å². The van der Waals surface area contributed by atoms with Gasteiger partial charge in [0.1, 0.15) is 10.8 Å². The molecule has 0 aliphatic heterocycles. The standard InChI is InChI=1S/C28H28N4S3/c1-20(2)22-10-12-23(13-11-22)27-29-24(18-34-27)19-35-28-31-30-26(17-25-9-6-16-33-25)32(28)15-14-21-7-4-3-5-8-21/h3-13,16,18,20H,14-15,17,19H2,1-2H3. The number of thiazole rings is 1. The van der Waals surface area contributed by atoms with Crippen molar-refractivity contribution in [3.63, 3.8) is 0 Å². The lowest BCUT2D eigenvalue weighted by molar-refractivity contribution is 0.610. The second kappa shape index (κ2) is 11.3. The van der Waals surface area contributed by atoms with Crippen LogP contribution in [0.3, 0.4) is 0 Å². The van der Waals surface area contributed by atoms with Gasteiger partial charge in [-0.25, -0.2) is 4.98 Å². The van der Waals surface area contributed by atoms with E-state index in [1.165, 1.54) is 21.6 Å². The molecule has 0 N–H and O–H groups in total. The predicted octanol–water partition coefficient (Wildman–Crippen LogP) is 7.71. The average Bonchev–Trinajstić information content (AvgIpc) is 3.64. The van der Waals surface area contributed by atoms with E-state index in [-0.39, 0.29) is 0 Å². The number of aromatic nitrogens is 4. The zero-order chi connectivity index (χ0) is 24.0.